The standard InChI is InChI=1S/C13H15ClN4O/c1-8-12(9(2)18(3)17-8)16-13(19)15-11-6-4-5-10(14)7-11/h4-7H,1-3H3,(H2,15,16,19). The number of hydrogen-bond acceptors (Lipinski definition) is 2. The molecule has 0 radical (unpaired) electrons. The van der Waals surface area contributed by atoms with Gasteiger partial charge in [-0.2, -0.15) is 5.10 Å². The van der Waals surface area contributed by atoms with E-state index in [1.807, 2.05) is 20.9 Å². The number of aryl methyl sites for hydroxylation is 2. The van der Waals surface area contributed by atoms with Crippen molar-refractivity contribution in [3.63, 3.8) is 0 Å². The Bertz CT molecular complexity index is 621. The number of halogens is 1. The number of carbonyl (C=O) groups excluding carboxylic acids is 1. The van der Waals surface area contributed by atoms with Crippen molar-refractivity contribution in [2.75, 3.05) is 10.6 Å². The second kappa shape index (κ2) is 5.32. The number of anilines is 2. The van der Waals surface area contributed by atoms with Gasteiger partial charge in [0.2, 0.25) is 0 Å². The number of benzene rings is 1. The van der Waals surface area contributed by atoms with E-state index >= 15 is 0 Å². The average molecular weight is 279 g/mol. The number of carbonyl (C=O) groups is 1. The molecule has 0 bridgehead atoms. The van der Waals surface area contributed by atoms with Crippen molar-refractivity contribution in [2.45, 2.75) is 13.8 Å². The van der Waals surface area contributed by atoms with Gasteiger partial charge in [0.25, 0.3) is 0 Å². The quantitative estimate of drug-likeness (QED) is 0.885. The Labute approximate surface area is 116 Å². The third-order valence-corrected chi connectivity index (χ3v) is 3.07. The fraction of sp³-hybridized carbons (Fsp3) is 0.231. The minimum atomic E-state index is -0.318. The molecule has 2 aromatic rings. The van der Waals surface area contributed by atoms with Crippen molar-refractivity contribution < 1.29 is 4.79 Å². The summed E-state index contributed by atoms with van der Waals surface area (Å²) in [5.74, 6) is 0. The largest absolute Gasteiger partial charge is 0.323 e. The number of amides is 2. The fourth-order valence-corrected chi connectivity index (χ4v) is 1.99. The second-order valence-corrected chi connectivity index (χ2v) is 4.70. The third-order valence-electron chi connectivity index (χ3n) is 2.83. The molecular weight excluding hydrogens is 264 g/mol. The molecule has 0 atom stereocenters. The Kier molecular flexibility index (Phi) is 3.76. The van der Waals surface area contributed by atoms with Gasteiger partial charge in [0.1, 0.15) is 0 Å². The van der Waals surface area contributed by atoms with Gasteiger partial charge >= 0.3 is 6.03 Å². The van der Waals surface area contributed by atoms with Crippen LogP contribution in [0.3, 0.4) is 0 Å². The van der Waals surface area contributed by atoms with E-state index in [0.29, 0.717) is 10.7 Å². The van der Waals surface area contributed by atoms with E-state index in [0.717, 1.165) is 17.1 Å². The van der Waals surface area contributed by atoms with Gasteiger partial charge in [-0.25, -0.2) is 4.79 Å². The van der Waals surface area contributed by atoms with E-state index in [9.17, 15) is 4.79 Å². The normalized spacial score (nSPS) is 10.3. The molecular formula is C13H15ClN4O. The summed E-state index contributed by atoms with van der Waals surface area (Å²) in [7, 11) is 1.84. The molecule has 19 heavy (non-hydrogen) atoms. The van der Waals surface area contributed by atoms with E-state index < -0.39 is 0 Å². The van der Waals surface area contributed by atoms with Crippen molar-refractivity contribution in [2.24, 2.45) is 7.05 Å². The summed E-state index contributed by atoms with van der Waals surface area (Å²) in [5.41, 5.74) is 3.05. The molecule has 0 saturated heterocycles. The molecule has 1 heterocycles. The minimum Gasteiger partial charge on any atom is -0.308 e. The highest BCUT2D eigenvalue weighted by Crippen LogP contribution is 2.19. The predicted molar refractivity (Wildman–Crippen MR) is 76.8 cm³/mol. The Morgan fingerprint density at radius 3 is 2.63 bits per heavy atom. The lowest BCUT2D eigenvalue weighted by molar-refractivity contribution is 0.262. The van der Waals surface area contributed by atoms with Gasteiger partial charge in [-0.15, -0.1) is 0 Å². The van der Waals surface area contributed by atoms with Crippen LogP contribution >= 0.6 is 11.6 Å². The molecule has 100 valence electrons. The molecule has 2 rings (SSSR count). The molecule has 0 aliphatic rings. The summed E-state index contributed by atoms with van der Waals surface area (Å²) in [4.78, 5) is 11.9. The molecule has 0 spiro atoms. The maximum atomic E-state index is 11.9. The molecule has 0 aliphatic heterocycles. The monoisotopic (exact) mass is 278 g/mol. The van der Waals surface area contributed by atoms with Gasteiger partial charge in [0.05, 0.1) is 17.1 Å². The van der Waals surface area contributed by atoms with E-state index in [1.165, 1.54) is 0 Å². The smallest absolute Gasteiger partial charge is 0.308 e. The van der Waals surface area contributed by atoms with Crippen LogP contribution in [-0.2, 0) is 7.05 Å². The molecule has 1 aromatic carbocycles. The maximum Gasteiger partial charge on any atom is 0.323 e. The van der Waals surface area contributed by atoms with Crippen molar-refractivity contribution in [1.82, 2.24) is 9.78 Å². The highest BCUT2D eigenvalue weighted by atomic mass is 35.5. The highest BCUT2D eigenvalue weighted by molar-refractivity contribution is 6.30. The fourth-order valence-electron chi connectivity index (χ4n) is 1.80. The zero-order chi connectivity index (χ0) is 14.0. The van der Waals surface area contributed by atoms with Gasteiger partial charge in [-0.3, -0.25) is 4.68 Å². The van der Waals surface area contributed by atoms with Crippen LogP contribution in [0.15, 0.2) is 24.3 Å². The minimum absolute atomic E-state index is 0.318. The molecule has 0 unspecified atom stereocenters. The van der Waals surface area contributed by atoms with Crippen LogP contribution in [0.5, 0.6) is 0 Å². The maximum absolute atomic E-state index is 11.9. The van der Waals surface area contributed by atoms with E-state index in [4.69, 9.17) is 11.6 Å². The van der Waals surface area contributed by atoms with Crippen LogP contribution in [0.4, 0.5) is 16.2 Å². The summed E-state index contributed by atoms with van der Waals surface area (Å²) < 4.78 is 1.73. The number of nitrogens with one attached hydrogen (secondary N) is 2. The van der Waals surface area contributed by atoms with Gasteiger partial charge in [0, 0.05) is 17.8 Å². The molecule has 2 amide bonds. The Balaban J connectivity index is 2.09. The summed E-state index contributed by atoms with van der Waals surface area (Å²) in [6.45, 7) is 3.75. The highest BCUT2D eigenvalue weighted by Gasteiger charge is 2.12. The van der Waals surface area contributed by atoms with Crippen molar-refractivity contribution in [3.05, 3.63) is 40.7 Å². The van der Waals surface area contributed by atoms with E-state index in [2.05, 4.69) is 15.7 Å². The van der Waals surface area contributed by atoms with Gasteiger partial charge in [-0.1, -0.05) is 17.7 Å². The first-order chi connectivity index (χ1) is 8.97. The summed E-state index contributed by atoms with van der Waals surface area (Å²) in [5, 5.41) is 10.3. The van der Waals surface area contributed by atoms with E-state index in [-0.39, 0.29) is 6.03 Å². The van der Waals surface area contributed by atoms with Crippen molar-refractivity contribution >= 4 is 29.0 Å². The predicted octanol–water partition coefficient (Wildman–Crippen LogP) is 3.33. The molecule has 1 aromatic heterocycles. The lowest BCUT2D eigenvalue weighted by Gasteiger charge is -2.08. The van der Waals surface area contributed by atoms with Crippen LogP contribution in [0.2, 0.25) is 5.02 Å². The topological polar surface area (TPSA) is 59.0 Å². The molecule has 0 aliphatic carbocycles. The molecule has 0 saturated carbocycles. The van der Waals surface area contributed by atoms with Crippen molar-refractivity contribution in [3.8, 4) is 0 Å². The molecule has 0 fully saturated rings. The first kappa shape index (κ1) is 13.4. The van der Waals surface area contributed by atoms with Gasteiger partial charge < -0.3 is 10.6 Å². The van der Waals surface area contributed by atoms with Gasteiger partial charge in [0.15, 0.2) is 0 Å². The first-order valence-corrected chi connectivity index (χ1v) is 6.19. The number of nitrogens with zero attached hydrogens (tertiary/aromatic N) is 2. The molecule has 2 N–H and O–H groups in total. The van der Waals surface area contributed by atoms with Crippen LogP contribution in [-0.4, -0.2) is 15.8 Å². The van der Waals surface area contributed by atoms with Gasteiger partial charge in [-0.05, 0) is 32.0 Å². The Morgan fingerprint density at radius 1 is 1.32 bits per heavy atom. The Morgan fingerprint density at radius 2 is 2.05 bits per heavy atom. The lowest BCUT2D eigenvalue weighted by atomic mass is 10.3. The third kappa shape index (κ3) is 3.06. The number of hydrogen-bond donors (Lipinski definition) is 2. The molecule has 5 nitrogen and oxygen atoms in total. The van der Waals surface area contributed by atoms with Crippen LogP contribution in [0.25, 0.3) is 0 Å². The number of rotatable bonds is 2. The van der Waals surface area contributed by atoms with Crippen molar-refractivity contribution in [1.29, 1.82) is 0 Å². The SMILES string of the molecule is Cc1nn(C)c(C)c1NC(=O)Nc1cccc(Cl)c1. The zero-order valence-corrected chi connectivity index (χ0v) is 11.7. The lowest BCUT2D eigenvalue weighted by Crippen LogP contribution is -2.20. The number of urea groups is 1. The van der Waals surface area contributed by atoms with Crippen LogP contribution in [0, 0.1) is 13.8 Å². The van der Waals surface area contributed by atoms with Crippen LogP contribution < -0.4 is 10.6 Å². The summed E-state index contributed by atoms with van der Waals surface area (Å²) in [6, 6.07) is 6.67. The number of aromatic nitrogens is 2. The zero-order valence-electron chi connectivity index (χ0n) is 11.0. The first-order valence-electron chi connectivity index (χ1n) is 5.81. The Hall–Kier alpha value is -2.01. The molecule has 6 heteroatoms. The van der Waals surface area contributed by atoms with E-state index in [1.54, 1.807) is 28.9 Å². The second-order valence-electron chi connectivity index (χ2n) is 4.26. The average Bonchev–Trinajstić information content (AvgIpc) is 2.56. The summed E-state index contributed by atoms with van der Waals surface area (Å²) in [6.07, 6.45) is 0. The summed E-state index contributed by atoms with van der Waals surface area (Å²) >= 11 is 5.86. The van der Waals surface area contributed by atoms with Crippen LogP contribution in [0.1, 0.15) is 11.4 Å².